The molecule has 0 saturated heterocycles. The summed E-state index contributed by atoms with van der Waals surface area (Å²) in [5.74, 6) is 2.19. The van der Waals surface area contributed by atoms with Crippen LogP contribution in [0.4, 0.5) is 0 Å². The fraction of sp³-hybridized carbons (Fsp3) is 0.471. The first kappa shape index (κ1) is 16.2. The molecule has 3 N–H and O–H groups in total. The van der Waals surface area contributed by atoms with Crippen LogP contribution in [0.1, 0.15) is 31.9 Å². The van der Waals surface area contributed by atoms with Crippen molar-refractivity contribution in [3.05, 3.63) is 35.4 Å². The van der Waals surface area contributed by atoms with E-state index < -0.39 is 0 Å². The van der Waals surface area contributed by atoms with Crippen LogP contribution in [0.25, 0.3) is 0 Å². The molecule has 0 saturated carbocycles. The zero-order chi connectivity index (χ0) is 16.1. The second-order valence-corrected chi connectivity index (χ2v) is 5.65. The molecule has 0 radical (unpaired) electrons. The largest absolute Gasteiger partial charge is 0.494 e. The highest BCUT2D eigenvalue weighted by atomic mass is 16.5. The lowest BCUT2D eigenvalue weighted by Gasteiger charge is -2.12. The minimum Gasteiger partial charge on any atom is -0.494 e. The predicted molar refractivity (Wildman–Crippen MR) is 89.5 cm³/mol. The summed E-state index contributed by atoms with van der Waals surface area (Å²) in [7, 11) is 0. The minimum absolute atomic E-state index is 0.213. The number of guanidine groups is 1. The van der Waals surface area contributed by atoms with Crippen molar-refractivity contribution in [2.75, 3.05) is 13.2 Å². The molecule has 120 valence electrons. The van der Waals surface area contributed by atoms with Crippen LogP contribution in [-0.4, -0.2) is 25.2 Å². The first-order valence-electron chi connectivity index (χ1n) is 7.63. The summed E-state index contributed by atoms with van der Waals surface area (Å²) in [6, 6.07) is 4.07. The van der Waals surface area contributed by atoms with Crippen molar-refractivity contribution in [2.24, 2.45) is 10.7 Å². The van der Waals surface area contributed by atoms with Gasteiger partial charge in [0, 0.05) is 24.1 Å². The van der Waals surface area contributed by atoms with Gasteiger partial charge in [0.25, 0.3) is 0 Å². The van der Waals surface area contributed by atoms with E-state index in [-0.39, 0.29) is 6.10 Å². The van der Waals surface area contributed by atoms with E-state index in [9.17, 15) is 0 Å². The van der Waals surface area contributed by atoms with E-state index in [0.29, 0.717) is 25.7 Å². The average molecular weight is 303 g/mol. The molecule has 5 nitrogen and oxygen atoms in total. The van der Waals surface area contributed by atoms with Crippen LogP contribution in [0.2, 0.25) is 0 Å². The highest BCUT2D eigenvalue weighted by Crippen LogP contribution is 2.35. The predicted octanol–water partition coefficient (Wildman–Crippen LogP) is 2.39. The van der Waals surface area contributed by atoms with Crippen molar-refractivity contribution in [3.8, 4) is 11.5 Å². The van der Waals surface area contributed by atoms with Crippen LogP contribution >= 0.6 is 0 Å². The molecule has 0 amide bonds. The van der Waals surface area contributed by atoms with Gasteiger partial charge in [-0.2, -0.15) is 0 Å². The van der Waals surface area contributed by atoms with Crippen LogP contribution < -0.4 is 20.5 Å². The molecule has 0 spiro atoms. The van der Waals surface area contributed by atoms with Gasteiger partial charge in [-0.25, -0.2) is 4.99 Å². The maximum Gasteiger partial charge on any atom is 0.189 e. The Kier molecular flexibility index (Phi) is 5.31. The SMILES string of the molecule is C=C(C)CNC(N)=NCc1cc2c(cc1OCC)CC(C)O2. The van der Waals surface area contributed by atoms with Gasteiger partial charge in [-0.05, 0) is 32.9 Å². The van der Waals surface area contributed by atoms with E-state index in [2.05, 4.69) is 29.9 Å². The Bertz CT molecular complexity index is 582. The maximum atomic E-state index is 5.85. The van der Waals surface area contributed by atoms with Crippen molar-refractivity contribution < 1.29 is 9.47 Å². The maximum absolute atomic E-state index is 5.85. The lowest BCUT2D eigenvalue weighted by molar-refractivity contribution is 0.254. The molecule has 1 aliphatic heterocycles. The van der Waals surface area contributed by atoms with Gasteiger partial charge in [0.2, 0.25) is 0 Å². The van der Waals surface area contributed by atoms with Crippen LogP contribution in [0.15, 0.2) is 29.3 Å². The standard InChI is InChI=1S/C17H25N3O2/c1-5-21-15-7-13-6-12(4)22-16(13)8-14(15)10-20-17(18)19-9-11(2)3/h7-8,12H,2,5-6,9-10H2,1,3-4H3,(H3,18,19,20). The summed E-state index contributed by atoms with van der Waals surface area (Å²) in [6.45, 7) is 11.5. The van der Waals surface area contributed by atoms with E-state index in [1.165, 1.54) is 5.56 Å². The van der Waals surface area contributed by atoms with E-state index >= 15 is 0 Å². The molecule has 1 aromatic carbocycles. The molecule has 1 aromatic rings. The number of nitrogens with two attached hydrogens (primary N) is 1. The number of benzene rings is 1. The minimum atomic E-state index is 0.213. The van der Waals surface area contributed by atoms with Gasteiger partial charge in [-0.1, -0.05) is 12.2 Å². The number of rotatable bonds is 6. The zero-order valence-electron chi connectivity index (χ0n) is 13.6. The summed E-state index contributed by atoms with van der Waals surface area (Å²) >= 11 is 0. The van der Waals surface area contributed by atoms with E-state index in [4.69, 9.17) is 15.2 Å². The molecule has 1 aliphatic rings. The summed E-state index contributed by atoms with van der Waals surface area (Å²) in [5.41, 5.74) is 9.03. The summed E-state index contributed by atoms with van der Waals surface area (Å²) < 4.78 is 11.5. The van der Waals surface area contributed by atoms with Gasteiger partial charge in [-0.3, -0.25) is 0 Å². The second kappa shape index (κ2) is 7.20. The quantitative estimate of drug-likeness (QED) is 0.481. The summed E-state index contributed by atoms with van der Waals surface area (Å²) in [4.78, 5) is 4.36. The van der Waals surface area contributed by atoms with Gasteiger partial charge in [-0.15, -0.1) is 0 Å². The van der Waals surface area contributed by atoms with E-state index in [1.54, 1.807) is 0 Å². The Hall–Kier alpha value is -2.17. The van der Waals surface area contributed by atoms with Gasteiger partial charge < -0.3 is 20.5 Å². The number of hydrogen-bond donors (Lipinski definition) is 2. The number of nitrogens with zero attached hydrogens (tertiary/aromatic N) is 1. The van der Waals surface area contributed by atoms with Crippen LogP contribution in [0, 0.1) is 0 Å². The third-order valence-electron chi connectivity index (χ3n) is 3.37. The molecule has 1 unspecified atom stereocenters. The Labute approximate surface area is 132 Å². The smallest absolute Gasteiger partial charge is 0.189 e. The van der Waals surface area contributed by atoms with E-state index in [1.807, 2.05) is 19.9 Å². The third kappa shape index (κ3) is 4.16. The molecule has 0 fully saturated rings. The molecule has 2 rings (SSSR count). The molecule has 1 heterocycles. The van der Waals surface area contributed by atoms with Crippen molar-refractivity contribution in [1.82, 2.24) is 5.32 Å². The molecule has 1 atom stereocenters. The molecule has 0 aliphatic carbocycles. The van der Waals surface area contributed by atoms with Crippen molar-refractivity contribution in [2.45, 2.75) is 39.8 Å². The second-order valence-electron chi connectivity index (χ2n) is 5.65. The lowest BCUT2D eigenvalue weighted by Crippen LogP contribution is -2.32. The number of aliphatic imine (C=N–C) groups is 1. The van der Waals surface area contributed by atoms with Crippen LogP contribution in [0.3, 0.4) is 0 Å². The molecule has 22 heavy (non-hydrogen) atoms. The van der Waals surface area contributed by atoms with Crippen molar-refractivity contribution in [3.63, 3.8) is 0 Å². The summed E-state index contributed by atoms with van der Waals surface area (Å²) in [5, 5.41) is 3.02. The molecular weight excluding hydrogens is 278 g/mol. The fourth-order valence-electron chi connectivity index (χ4n) is 2.36. The number of ether oxygens (including phenoxy) is 2. The van der Waals surface area contributed by atoms with Crippen molar-refractivity contribution >= 4 is 5.96 Å². The average Bonchev–Trinajstić information content (AvgIpc) is 2.82. The Morgan fingerprint density at radius 2 is 2.32 bits per heavy atom. The first-order valence-corrected chi connectivity index (χ1v) is 7.63. The van der Waals surface area contributed by atoms with Gasteiger partial charge >= 0.3 is 0 Å². The van der Waals surface area contributed by atoms with Crippen LogP contribution in [-0.2, 0) is 13.0 Å². The molecule has 0 bridgehead atoms. The first-order chi connectivity index (χ1) is 10.5. The fourth-order valence-corrected chi connectivity index (χ4v) is 2.36. The van der Waals surface area contributed by atoms with Crippen molar-refractivity contribution in [1.29, 1.82) is 0 Å². The van der Waals surface area contributed by atoms with Gasteiger partial charge in [0.05, 0.1) is 13.2 Å². The highest BCUT2D eigenvalue weighted by Gasteiger charge is 2.21. The van der Waals surface area contributed by atoms with Gasteiger partial charge in [0.15, 0.2) is 5.96 Å². The number of hydrogen-bond acceptors (Lipinski definition) is 3. The summed E-state index contributed by atoms with van der Waals surface area (Å²) in [6.07, 6.45) is 1.13. The normalized spacial score (nSPS) is 16.9. The topological polar surface area (TPSA) is 68.9 Å². The third-order valence-corrected chi connectivity index (χ3v) is 3.37. The number of nitrogens with one attached hydrogen (secondary N) is 1. The number of fused-ring (bicyclic) bond motifs is 1. The molecule has 5 heteroatoms. The Balaban J connectivity index is 2.14. The van der Waals surface area contributed by atoms with Crippen LogP contribution in [0.5, 0.6) is 11.5 Å². The van der Waals surface area contributed by atoms with Gasteiger partial charge in [0.1, 0.15) is 17.6 Å². The Morgan fingerprint density at radius 3 is 3.00 bits per heavy atom. The van der Waals surface area contributed by atoms with E-state index in [0.717, 1.165) is 29.1 Å². The lowest BCUT2D eigenvalue weighted by atomic mass is 10.1. The monoisotopic (exact) mass is 303 g/mol. The zero-order valence-corrected chi connectivity index (χ0v) is 13.6. The molecule has 0 aromatic heterocycles. The highest BCUT2D eigenvalue weighted by molar-refractivity contribution is 5.78. The Morgan fingerprint density at radius 1 is 1.55 bits per heavy atom. The molecular formula is C17H25N3O2.